The van der Waals surface area contributed by atoms with E-state index in [2.05, 4.69) is 43.1 Å². The Hall–Kier alpha value is -0.660. The molecule has 0 aromatic heterocycles. The van der Waals surface area contributed by atoms with Gasteiger partial charge in [0.15, 0.2) is 0 Å². The second-order valence-electron chi connectivity index (χ2n) is 3.19. The summed E-state index contributed by atoms with van der Waals surface area (Å²) in [6.45, 7) is 5.66. The lowest BCUT2D eigenvalue weighted by Crippen LogP contribution is -2.33. The maximum Gasteiger partial charge on any atom is 0.0974 e. The Labute approximate surface area is 69.5 Å². The lowest BCUT2D eigenvalue weighted by Gasteiger charge is -2.26. The first-order chi connectivity index (χ1) is 5.25. The fourth-order valence-corrected chi connectivity index (χ4v) is 1.28. The molecule has 1 atom stereocenters. The van der Waals surface area contributed by atoms with Gasteiger partial charge in [0, 0.05) is 26.0 Å². The molecule has 0 saturated heterocycles. The molecule has 1 rings (SSSR count). The van der Waals surface area contributed by atoms with E-state index in [0.717, 1.165) is 0 Å². The van der Waals surface area contributed by atoms with Crippen molar-refractivity contribution in [2.75, 3.05) is 13.6 Å². The number of unbranched alkanes of at least 4 members (excludes halogenated alkanes) is 1. The molecule has 0 amide bonds. The summed E-state index contributed by atoms with van der Waals surface area (Å²) in [5.74, 6) is 0. The largest absolute Gasteiger partial charge is 0.359 e. The Balaban J connectivity index is 2.31. The average Bonchev–Trinajstić information content (AvgIpc) is 2.31. The van der Waals surface area contributed by atoms with Crippen molar-refractivity contribution in [1.29, 1.82) is 0 Å². The van der Waals surface area contributed by atoms with Crippen LogP contribution >= 0.6 is 0 Å². The SMILES string of the molecule is CCCCN1C=CN(C)[C@@H]1C. The Kier molecular flexibility index (Phi) is 2.80. The molecule has 11 heavy (non-hydrogen) atoms. The first kappa shape index (κ1) is 8.44. The summed E-state index contributed by atoms with van der Waals surface area (Å²) in [7, 11) is 2.12. The second-order valence-corrected chi connectivity index (χ2v) is 3.19. The molecule has 1 aliphatic heterocycles. The summed E-state index contributed by atoms with van der Waals surface area (Å²) in [5.41, 5.74) is 0. The number of nitrogens with zero attached hydrogens (tertiary/aromatic N) is 2. The molecule has 0 aromatic carbocycles. The molecule has 0 N–H and O–H groups in total. The van der Waals surface area contributed by atoms with Crippen LogP contribution in [0.4, 0.5) is 0 Å². The third-order valence-corrected chi connectivity index (χ3v) is 2.33. The van der Waals surface area contributed by atoms with Crippen LogP contribution in [0.25, 0.3) is 0 Å². The topological polar surface area (TPSA) is 6.48 Å². The van der Waals surface area contributed by atoms with Crippen molar-refractivity contribution in [2.45, 2.75) is 32.9 Å². The fraction of sp³-hybridized carbons (Fsp3) is 0.778. The van der Waals surface area contributed by atoms with E-state index >= 15 is 0 Å². The molecule has 1 heterocycles. The van der Waals surface area contributed by atoms with Gasteiger partial charge in [-0.1, -0.05) is 13.3 Å². The zero-order valence-corrected chi connectivity index (χ0v) is 7.75. The lowest BCUT2D eigenvalue weighted by molar-refractivity contribution is 0.193. The maximum atomic E-state index is 2.38. The molecule has 0 unspecified atom stereocenters. The number of hydrogen-bond donors (Lipinski definition) is 0. The highest BCUT2D eigenvalue weighted by atomic mass is 15.4. The van der Waals surface area contributed by atoms with Gasteiger partial charge in [0.2, 0.25) is 0 Å². The standard InChI is InChI=1S/C9H18N2/c1-4-5-6-11-8-7-10(3)9(11)2/h7-9H,4-6H2,1-3H3/t9-/m0/s1. The van der Waals surface area contributed by atoms with Crippen LogP contribution in [-0.2, 0) is 0 Å². The van der Waals surface area contributed by atoms with Gasteiger partial charge in [-0.2, -0.15) is 0 Å². The van der Waals surface area contributed by atoms with Crippen LogP contribution in [0.2, 0.25) is 0 Å². The summed E-state index contributed by atoms with van der Waals surface area (Å²) in [4.78, 5) is 4.61. The van der Waals surface area contributed by atoms with Gasteiger partial charge in [-0.15, -0.1) is 0 Å². The van der Waals surface area contributed by atoms with Crippen molar-refractivity contribution in [2.24, 2.45) is 0 Å². The van der Waals surface area contributed by atoms with Gasteiger partial charge in [0.05, 0.1) is 6.17 Å². The summed E-state index contributed by atoms with van der Waals surface area (Å²) in [5, 5.41) is 0. The van der Waals surface area contributed by atoms with Crippen molar-refractivity contribution < 1.29 is 0 Å². The van der Waals surface area contributed by atoms with Crippen molar-refractivity contribution >= 4 is 0 Å². The van der Waals surface area contributed by atoms with E-state index in [1.54, 1.807) is 0 Å². The van der Waals surface area contributed by atoms with Gasteiger partial charge < -0.3 is 9.80 Å². The molecule has 64 valence electrons. The fourth-order valence-electron chi connectivity index (χ4n) is 1.28. The van der Waals surface area contributed by atoms with Crippen LogP contribution in [0.3, 0.4) is 0 Å². The molecule has 1 aliphatic rings. The molecular formula is C9H18N2. The van der Waals surface area contributed by atoms with Crippen LogP contribution < -0.4 is 0 Å². The molecule has 2 heteroatoms. The molecule has 2 nitrogen and oxygen atoms in total. The van der Waals surface area contributed by atoms with Crippen LogP contribution in [0.15, 0.2) is 12.4 Å². The van der Waals surface area contributed by atoms with E-state index < -0.39 is 0 Å². The van der Waals surface area contributed by atoms with Gasteiger partial charge in [0.25, 0.3) is 0 Å². The minimum absolute atomic E-state index is 0.557. The zero-order chi connectivity index (χ0) is 8.27. The van der Waals surface area contributed by atoms with E-state index in [-0.39, 0.29) is 0 Å². The van der Waals surface area contributed by atoms with Crippen LogP contribution in [0.1, 0.15) is 26.7 Å². The smallest absolute Gasteiger partial charge is 0.0974 e. The molecule has 0 bridgehead atoms. The van der Waals surface area contributed by atoms with E-state index in [0.29, 0.717) is 6.17 Å². The maximum absolute atomic E-state index is 2.38. The first-order valence-corrected chi connectivity index (χ1v) is 4.41. The Bertz CT molecular complexity index is 142. The average molecular weight is 154 g/mol. The quantitative estimate of drug-likeness (QED) is 0.612. The first-order valence-electron chi connectivity index (χ1n) is 4.41. The van der Waals surface area contributed by atoms with E-state index in [1.807, 2.05) is 0 Å². The molecule has 0 fully saturated rings. The molecular weight excluding hydrogens is 136 g/mol. The molecule has 0 aromatic rings. The lowest BCUT2D eigenvalue weighted by atomic mass is 10.3. The van der Waals surface area contributed by atoms with Gasteiger partial charge in [0.1, 0.15) is 0 Å². The van der Waals surface area contributed by atoms with Crippen molar-refractivity contribution in [3.63, 3.8) is 0 Å². The number of hydrogen-bond acceptors (Lipinski definition) is 2. The normalized spacial score (nSPS) is 23.4. The Morgan fingerprint density at radius 2 is 2.09 bits per heavy atom. The van der Waals surface area contributed by atoms with Crippen LogP contribution in [0.5, 0.6) is 0 Å². The van der Waals surface area contributed by atoms with Crippen LogP contribution in [-0.4, -0.2) is 29.6 Å². The highest BCUT2D eigenvalue weighted by molar-refractivity contribution is 4.93. The molecule has 0 saturated carbocycles. The monoisotopic (exact) mass is 154 g/mol. The van der Waals surface area contributed by atoms with Crippen molar-refractivity contribution in [3.05, 3.63) is 12.4 Å². The van der Waals surface area contributed by atoms with Crippen LogP contribution in [0, 0.1) is 0 Å². The Morgan fingerprint density at radius 3 is 2.55 bits per heavy atom. The third-order valence-electron chi connectivity index (χ3n) is 2.33. The van der Waals surface area contributed by atoms with Crippen molar-refractivity contribution in [1.82, 2.24) is 9.80 Å². The van der Waals surface area contributed by atoms with Gasteiger partial charge in [-0.25, -0.2) is 0 Å². The predicted octanol–water partition coefficient (Wildman–Crippen LogP) is 1.85. The van der Waals surface area contributed by atoms with E-state index in [4.69, 9.17) is 0 Å². The minimum Gasteiger partial charge on any atom is -0.359 e. The molecule has 0 aliphatic carbocycles. The van der Waals surface area contributed by atoms with E-state index in [9.17, 15) is 0 Å². The second kappa shape index (κ2) is 3.65. The molecule has 0 spiro atoms. The highest BCUT2D eigenvalue weighted by Crippen LogP contribution is 2.13. The van der Waals surface area contributed by atoms with Gasteiger partial charge in [-0.05, 0) is 13.3 Å². The third kappa shape index (κ3) is 1.88. The minimum atomic E-state index is 0.557. The summed E-state index contributed by atoms with van der Waals surface area (Å²) in [6.07, 6.45) is 7.45. The summed E-state index contributed by atoms with van der Waals surface area (Å²) < 4.78 is 0. The highest BCUT2D eigenvalue weighted by Gasteiger charge is 2.16. The van der Waals surface area contributed by atoms with Gasteiger partial charge >= 0.3 is 0 Å². The molecule has 0 radical (unpaired) electrons. The van der Waals surface area contributed by atoms with Crippen molar-refractivity contribution in [3.8, 4) is 0 Å². The summed E-state index contributed by atoms with van der Waals surface area (Å²) in [6, 6.07) is 0. The zero-order valence-electron chi connectivity index (χ0n) is 7.75. The summed E-state index contributed by atoms with van der Waals surface area (Å²) >= 11 is 0. The Morgan fingerprint density at radius 1 is 1.36 bits per heavy atom. The van der Waals surface area contributed by atoms with E-state index in [1.165, 1.54) is 19.4 Å². The number of rotatable bonds is 3. The van der Waals surface area contributed by atoms with Gasteiger partial charge in [-0.3, -0.25) is 0 Å². The predicted molar refractivity (Wildman–Crippen MR) is 48.0 cm³/mol.